The van der Waals surface area contributed by atoms with Gasteiger partial charge < -0.3 is 24.3 Å². The van der Waals surface area contributed by atoms with E-state index in [-0.39, 0.29) is 13.2 Å². The van der Waals surface area contributed by atoms with Crippen LogP contribution in [0.2, 0.25) is 5.02 Å². The van der Waals surface area contributed by atoms with Crippen molar-refractivity contribution in [2.75, 3.05) is 20.3 Å². The number of aromatic nitrogens is 1. The van der Waals surface area contributed by atoms with Crippen molar-refractivity contribution in [3.8, 4) is 17.4 Å². The average molecular weight is 445 g/mol. The summed E-state index contributed by atoms with van der Waals surface area (Å²) >= 11 is 5.99. The minimum atomic E-state index is -0.820. The van der Waals surface area contributed by atoms with Crippen molar-refractivity contribution < 1.29 is 28.5 Å². The maximum Gasteiger partial charge on any atom is 0.406 e. The molecule has 2 aromatic carbocycles. The monoisotopic (exact) mass is 444 g/mol. The Bertz CT molecular complexity index is 1060. The summed E-state index contributed by atoms with van der Waals surface area (Å²) in [5, 5.41) is 3.98. The molecule has 0 saturated heterocycles. The lowest BCUT2D eigenvalue weighted by atomic mass is 10.2. The van der Waals surface area contributed by atoms with E-state index in [4.69, 9.17) is 25.8 Å². The zero-order valence-electron chi connectivity index (χ0n) is 17.0. The molecule has 1 unspecified atom stereocenters. The molecule has 0 saturated carbocycles. The number of rotatable bonds is 8. The first-order valence-corrected chi connectivity index (χ1v) is 9.82. The number of halogens is 1. The Hall–Kier alpha value is -3.52. The lowest BCUT2D eigenvalue weighted by Gasteiger charge is -2.14. The molecule has 0 aliphatic rings. The van der Waals surface area contributed by atoms with E-state index in [0.29, 0.717) is 22.4 Å². The lowest BCUT2D eigenvalue weighted by Crippen LogP contribution is -2.31. The number of fused-ring (bicyclic) bond motifs is 1. The van der Waals surface area contributed by atoms with Gasteiger partial charge in [-0.1, -0.05) is 11.6 Å². The van der Waals surface area contributed by atoms with Gasteiger partial charge in [-0.15, -0.1) is 0 Å². The first-order chi connectivity index (χ1) is 14.9. The topological polar surface area (TPSA) is 96.0 Å². The molecule has 9 heteroatoms. The molecule has 1 N–H and O–H groups in total. The van der Waals surface area contributed by atoms with Crippen molar-refractivity contribution in [3.63, 3.8) is 0 Å². The van der Waals surface area contributed by atoms with Crippen LogP contribution in [-0.4, -0.2) is 43.4 Å². The van der Waals surface area contributed by atoms with Crippen molar-refractivity contribution in [3.05, 3.63) is 59.6 Å². The summed E-state index contributed by atoms with van der Waals surface area (Å²) in [4.78, 5) is 27.3. The van der Waals surface area contributed by atoms with Gasteiger partial charge in [-0.25, -0.2) is 14.6 Å². The number of alkyl carbamates (subject to hydrolysis) is 1. The van der Waals surface area contributed by atoms with Crippen LogP contribution in [0.5, 0.6) is 17.4 Å². The number of nitrogens with zero attached hydrogens (tertiary/aromatic N) is 1. The fourth-order valence-corrected chi connectivity index (χ4v) is 2.77. The highest BCUT2D eigenvalue weighted by atomic mass is 35.5. The third kappa shape index (κ3) is 6.48. The minimum absolute atomic E-state index is 0.0133. The first kappa shape index (κ1) is 22.2. The molecule has 3 rings (SSSR count). The fraction of sp³-hybridized carbons (Fsp3) is 0.227. The van der Waals surface area contributed by atoms with Crippen molar-refractivity contribution in [2.24, 2.45) is 0 Å². The summed E-state index contributed by atoms with van der Waals surface area (Å²) in [5.41, 5.74) is 0.774. The second-order valence-electron chi connectivity index (χ2n) is 6.41. The molecule has 1 aromatic heterocycles. The summed E-state index contributed by atoms with van der Waals surface area (Å²) < 4.78 is 20.8. The number of nitrogens with one attached hydrogen (secondary N) is 1. The molecule has 0 fully saturated rings. The highest BCUT2D eigenvalue weighted by molar-refractivity contribution is 6.31. The van der Waals surface area contributed by atoms with Crippen molar-refractivity contribution in [1.29, 1.82) is 0 Å². The van der Waals surface area contributed by atoms with Gasteiger partial charge in [0.05, 0.1) is 19.2 Å². The van der Waals surface area contributed by atoms with Crippen LogP contribution in [-0.2, 0) is 14.3 Å². The molecule has 0 bridgehead atoms. The number of esters is 1. The summed E-state index contributed by atoms with van der Waals surface area (Å²) in [6.07, 6.45) is -1.41. The van der Waals surface area contributed by atoms with E-state index in [1.54, 1.807) is 43.3 Å². The van der Waals surface area contributed by atoms with E-state index in [1.165, 1.54) is 7.11 Å². The Morgan fingerprint density at radius 3 is 2.55 bits per heavy atom. The number of hydrogen-bond acceptors (Lipinski definition) is 7. The molecule has 0 spiro atoms. The maximum absolute atomic E-state index is 12.0. The van der Waals surface area contributed by atoms with Gasteiger partial charge in [0.1, 0.15) is 18.1 Å². The van der Waals surface area contributed by atoms with Gasteiger partial charge in [-0.05, 0) is 55.5 Å². The third-order valence-corrected chi connectivity index (χ3v) is 4.35. The SMILES string of the molecule is COC(=O)NCCOC(=O)C(C)Oc1ccc(Oc2ccc3cc(Cl)ccc3n2)cc1. The number of pyridine rings is 1. The number of ether oxygens (including phenoxy) is 4. The molecule has 31 heavy (non-hydrogen) atoms. The van der Waals surface area contributed by atoms with Crippen molar-refractivity contribution in [1.82, 2.24) is 10.3 Å². The molecule has 8 nitrogen and oxygen atoms in total. The molecule has 1 atom stereocenters. The number of benzene rings is 2. The van der Waals surface area contributed by atoms with Crippen LogP contribution in [0.1, 0.15) is 6.92 Å². The fourth-order valence-electron chi connectivity index (χ4n) is 2.59. The quantitative estimate of drug-likeness (QED) is 0.407. The van der Waals surface area contributed by atoms with E-state index in [2.05, 4.69) is 15.0 Å². The number of hydrogen-bond donors (Lipinski definition) is 1. The average Bonchev–Trinajstić information content (AvgIpc) is 2.77. The molecular formula is C22H21ClN2O6. The zero-order chi connectivity index (χ0) is 22.2. The van der Waals surface area contributed by atoms with Gasteiger partial charge in [-0.2, -0.15) is 0 Å². The van der Waals surface area contributed by atoms with Crippen LogP contribution in [0.15, 0.2) is 54.6 Å². The van der Waals surface area contributed by atoms with Crippen LogP contribution < -0.4 is 14.8 Å². The van der Waals surface area contributed by atoms with E-state index in [1.807, 2.05) is 18.2 Å². The van der Waals surface area contributed by atoms with Gasteiger partial charge in [0.15, 0.2) is 6.10 Å². The van der Waals surface area contributed by atoms with Gasteiger partial charge >= 0.3 is 12.1 Å². The van der Waals surface area contributed by atoms with Crippen molar-refractivity contribution in [2.45, 2.75) is 13.0 Å². The van der Waals surface area contributed by atoms with Gasteiger partial charge in [0, 0.05) is 16.5 Å². The molecule has 1 heterocycles. The largest absolute Gasteiger partial charge is 0.479 e. The Morgan fingerprint density at radius 2 is 1.81 bits per heavy atom. The first-order valence-electron chi connectivity index (χ1n) is 9.44. The van der Waals surface area contributed by atoms with Crippen LogP contribution >= 0.6 is 11.6 Å². The van der Waals surface area contributed by atoms with Crippen LogP contribution in [0.4, 0.5) is 4.79 Å². The predicted molar refractivity (Wildman–Crippen MR) is 115 cm³/mol. The van der Waals surface area contributed by atoms with E-state index < -0.39 is 18.2 Å². The zero-order valence-corrected chi connectivity index (χ0v) is 17.7. The molecule has 3 aromatic rings. The van der Waals surface area contributed by atoms with Crippen LogP contribution in [0.3, 0.4) is 0 Å². The lowest BCUT2D eigenvalue weighted by molar-refractivity contribution is -0.150. The summed E-state index contributed by atoms with van der Waals surface area (Å²) in [7, 11) is 1.25. The second kappa shape index (κ2) is 10.5. The third-order valence-electron chi connectivity index (χ3n) is 4.12. The molecule has 0 radical (unpaired) electrons. The molecule has 0 aliphatic heterocycles. The van der Waals surface area contributed by atoms with Gasteiger partial charge in [-0.3, -0.25) is 0 Å². The van der Waals surface area contributed by atoms with Gasteiger partial charge in [0.25, 0.3) is 0 Å². The molecule has 162 valence electrons. The normalized spacial score (nSPS) is 11.5. The number of methoxy groups -OCH3 is 1. The Labute approximate surface area is 184 Å². The maximum atomic E-state index is 12.0. The van der Waals surface area contributed by atoms with Crippen molar-refractivity contribution >= 4 is 34.6 Å². The van der Waals surface area contributed by atoms with E-state index >= 15 is 0 Å². The predicted octanol–water partition coefficient (Wildman–Crippen LogP) is 4.35. The summed E-state index contributed by atoms with van der Waals surface area (Å²) in [5.74, 6) is 0.941. The van der Waals surface area contributed by atoms with E-state index in [0.717, 1.165) is 10.9 Å². The number of amides is 1. The van der Waals surface area contributed by atoms with Gasteiger partial charge in [0.2, 0.25) is 5.88 Å². The van der Waals surface area contributed by atoms with E-state index in [9.17, 15) is 9.59 Å². The second-order valence-corrected chi connectivity index (χ2v) is 6.84. The van der Waals surface area contributed by atoms with Crippen LogP contribution in [0, 0.1) is 0 Å². The summed E-state index contributed by atoms with van der Waals surface area (Å²) in [6.45, 7) is 1.73. The molecular weight excluding hydrogens is 424 g/mol. The Balaban J connectivity index is 1.51. The smallest absolute Gasteiger partial charge is 0.406 e. The summed E-state index contributed by atoms with van der Waals surface area (Å²) in [6, 6.07) is 15.9. The molecule has 1 amide bonds. The number of carbonyl (C=O) groups excluding carboxylic acids is 2. The standard InChI is InChI=1S/C22H21ClN2O6/c1-14(21(26)29-12-11-24-22(27)28-2)30-17-5-7-18(8-6-17)31-20-10-3-15-13-16(23)4-9-19(15)25-20/h3-10,13-14H,11-12H2,1-2H3,(H,24,27). The Morgan fingerprint density at radius 1 is 1.06 bits per heavy atom. The number of carbonyl (C=O) groups is 2. The van der Waals surface area contributed by atoms with Crippen LogP contribution in [0.25, 0.3) is 10.9 Å². The Kier molecular flexibility index (Phi) is 7.50. The minimum Gasteiger partial charge on any atom is -0.479 e. The highest BCUT2D eigenvalue weighted by Gasteiger charge is 2.16. The molecule has 0 aliphatic carbocycles. The highest BCUT2D eigenvalue weighted by Crippen LogP contribution is 2.26.